The molecule has 1 saturated heterocycles. The average Bonchev–Trinajstić information content (AvgIpc) is 2.13. The molecule has 0 unspecified atom stereocenters. The molecule has 1 aromatic heterocycles. The van der Waals surface area contributed by atoms with Crippen molar-refractivity contribution in [2.24, 2.45) is 11.7 Å². The highest BCUT2D eigenvalue weighted by molar-refractivity contribution is 5.17. The number of hydrogen-bond donors (Lipinski definition) is 1. The predicted octanol–water partition coefficient (Wildman–Crippen LogP) is 0.781. The molecule has 0 radical (unpaired) electrons. The van der Waals surface area contributed by atoms with Crippen molar-refractivity contribution in [2.75, 3.05) is 19.6 Å². The first-order valence-corrected chi connectivity index (χ1v) is 5.12. The smallest absolute Gasteiger partial charge is 0.0573 e. The Labute approximate surface area is 84.9 Å². The maximum Gasteiger partial charge on any atom is 0.0573 e. The molecule has 14 heavy (non-hydrogen) atoms. The van der Waals surface area contributed by atoms with Gasteiger partial charge in [-0.2, -0.15) is 0 Å². The molecular weight excluding hydrogens is 174 g/mol. The fraction of sp³-hybridized carbons (Fsp3) is 0.545. The standard InChI is InChI=1S/C11H17N3/c1-9-3-2-4-13-11(9)8-14-6-10(5-12)7-14/h2-4,10H,5-8,12H2,1H3. The fourth-order valence-electron chi connectivity index (χ4n) is 1.85. The summed E-state index contributed by atoms with van der Waals surface area (Å²) in [7, 11) is 0. The summed E-state index contributed by atoms with van der Waals surface area (Å²) < 4.78 is 0. The van der Waals surface area contributed by atoms with Crippen LogP contribution in [-0.4, -0.2) is 29.5 Å². The number of aromatic nitrogens is 1. The number of pyridine rings is 1. The van der Waals surface area contributed by atoms with E-state index in [0.717, 1.165) is 26.2 Å². The van der Waals surface area contributed by atoms with Crippen LogP contribution < -0.4 is 5.73 Å². The second-order valence-electron chi connectivity index (χ2n) is 4.06. The van der Waals surface area contributed by atoms with Crippen LogP contribution in [0.25, 0.3) is 0 Å². The third kappa shape index (κ3) is 1.94. The monoisotopic (exact) mass is 191 g/mol. The van der Waals surface area contributed by atoms with Crippen LogP contribution in [-0.2, 0) is 6.54 Å². The van der Waals surface area contributed by atoms with Gasteiger partial charge in [0, 0.05) is 25.8 Å². The molecule has 0 bridgehead atoms. The van der Waals surface area contributed by atoms with Gasteiger partial charge in [0.1, 0.15) is 0 Å². The van der Waals surface area contributed by atoms with Gasteiger partial charge in [0.25, 0.3) is 0 Å². The third-order valence-corrected chi connectivity index (χ3v) is 2.86. The highest BCUT2D eigenvalue weighted by Crippen LogP contribution is 2.17. The van der Waals surface area contributed by atoms with E-state index in [4.69, 9.17) is 5.73 Å². The molecule has 1 aromatic rings. The van der Waals surface area contributed by atoms with Crippen LogP contribution in [0.5, 0.6) is 0 Å². The van der Waals surface area contributed by atoms with Crippen molar-refractivity contribution in [3.8, 4) is 0 Å². The van der Waals surface area contributed by atoms with Crippen LogP contribution in [0.1, 0.15) is 11.3 Å². The minimum absolute atomic E-state index is 0.707. The summed E-state index contributed by atoms with van der Waals surface area (Å²) in [6, 6.07) is 4.10. The first-order chi connectivity index (χ1) is 6.79. The van der Waals surface area contributed by atoms with Crippen molar-refractivity contribution in [3.63, 3.8) is 0 Å². The lowest BCUT2D eigenvalue weighted by Gasteiger charge is -2.38. The average molecular weight is 191 g/mol. The van der Waals surface area contributed by atoms with Crippen molar-refractivity contribution in [3.05, 3.63) is 29.6 Å². The molecule has 1 fully saturated rings. The number of likely N-dealkylation sites (tertiary alicyclic amines) is 1. The Kier molecular flexibility index (Phi) is 2.79. The largest absolute Gasteiger partial charge is 0.330 e. The molecular formula is C11H17N3. The Morgan fingerprint density at radius 2 is 2.36 bits per heavy atom. The van der Waals surface area contributed by atoms with Crippen LogP contribution in [0.4, 0.5) is 0 Å². The second-order valence-corrected chi connectivity index (χ2v) is 4.06. The molecule has 0 aromatic carbocycles. The number of hydrogen-bond acceptors (Lipinski definition) is 3. The molecule has 2 heterocycles. The Hall–Kier alpha value is -0.930. The van der Waals surface area contributed by atoms with E-state index in [2.05, 4.69) is 22.9 Å². The molecule has 0 amide bonds. The lowest BCUT2D eigenvalue weighted by Crippen LogP contribution is -2.49. The van der Waals surface area contributed by atoms with Gasteiger partial charge >= 0.3 is 0 Å². The molecule has 3 heteroatoms. The SMILES string of the molecule is Cc1cccnc1CN1CC(CN)C1. The Morgan fingerprint density at radius 1 is 1.57 bits per heavy atom. The van der Waals surface area contributed by atoms with Gasteiger partial charge in [-0.15, -0.1) is 0 Å². The van der Waals surface area contributed by atoms with Crippen molar-refractivity contribution in [1.82, 2.24) is 9.88 Å². The molecule has 0 aliphatic carbocycles. The molecule has 1 aliphatic heterocycles. The van der Waals surface area contributed by atoms with Crippen molar-refractivity contribution in [1.29, 1.82) is 0 Å². The Morgan fingerprint density at radius 3 is 3.00 bits per heavy atom. The quantitative estimate of drug-likeness (QED) is 0.767. The lowest BCUT2D eigenvalue weighted by atomic mass is 10.00. The second kappa shape index (κ2) is 4.07. The number of nitrogens with two attached hydrogens (primary N) is 1. The Bertz CT molecular complexity index is 305. The summed E-state index contributed by atoms with van der Waals surface area (Å²) in [6.45, 7) is 6.17. The third-order valence-electron chi connectivity index (χ3n) is 2.86. The summed E-state index contributed by atoms with van der Waals surface area (Å²) in [4.78, 5) is 6.77. The molecule has 2 N–H and O–H groups in total. The van der Waals surface area contributed by atoms with Gasteiger partial charge in [0.2, 0.25) is 0 Å². The van der Waals surface area contributed by atoms with Gasteiger partial charge in [0.15, 0.2) is 0 Å². The van der Waals surface area contributed by atoms with E-state index >= 15 is 0 Å². The van der Waals surface area contributed by atoms with E-state index < -0.39 is 0 Å². The first-order valence-electron chi connectivity index (χ1n) is 5.12. The van der Waals surface area contributed by atoms with Gasteiger partial charge in [0.05, 0.1) is 5.69 Å². The molecule has 2 rings (SSSR count). The molecule has 0 atom stereocenters. The van der Waals surface area contributed by atoms with Gasteiger partial charge in [-0.25, -0.2) is 0 Å². The van der Waals surface area contributed by atoms with Crippen molar-refractivity contribution in [2.45, 2.75) is 13.5 Å². The summed E-state index contributed by atoms with van der Waals surface area (Å²) in [5, 5.41) is 0. The Balaban J connectivity index is 1.90. The van der Waals surface area contributed by atoms with Crippen molar-refractivity contribution >= 4 is 0 Å². The van der Waals surface area contributed by atoms with Gasteiger partial charge in [-0.1, -0.05) is 6.07 Å². The number of aryl methyl sites for hydroxylation is 1. The molecule has 1 aliphatic rings. The van der Waals surface area contributed by atoms with E-state index in [-0.39, 0.29) is 0 Å². The molecule has 76 valence electrons. The highest BCUT2D eigenvalue weighted by atomic mass is 15.2. The van der Waals surface area contributed by atoms with Crippen molar-refractivity contribution < 1.29 is 0 Å². The highest BCUT2D eigenvalue weighted by Gasteiger charge is 2.25. The van der Waals surface area contributed by atoms with Crippen LogP contribution in [0.3, 0.4) is 0 Å². The zero-order valence-electron chi connectivity index (χ0n) is 8.61. The number of rotatable bonds is 3. The van der Waals surface area contributed by atoms with Gasteiger partial charge in [-0.3, -0.25) is 9.88 Å². The topological polar surface area (TPSA) is 42.2 Å². The summed E-state index contributed by atoms with van der Waals surface area (Å²) in [5.41, 5.74) is 8.06. The summed E-state index contributed by atoms with van der Waals surface area (Å²) >= 11 is 0. The fourth-order valence-corrected chi connectivity index (χ4v) is 1.85. The van der Waals surface area contributed by atoms with Crippen LogP contribution >= 0.6 is 0 Å². The normalized spacial score (nSPS) is 18.1. The van der Waals surface area contributed by atoms with E-state index in [1.807, 2.05) is 12.3 Å². The molecule has 0 saturated carbocycles. The maximum absolute atomic E-state index is 5.58. The zero-order valence-corrected chi connectivity index (χ0v) is 8.61. The van der Waals surface area contributed by atoms with Gasteiger partial charge in [-0.05, 0) is 31.0 Å². The predicted molar refractivity (Wildman–Crippen MR) is 56.8 cm³/mol. The number of nitrogens with zero attached hydrogens (tertiary/aromatic N) is 2. The van der Waals surface area contributed by atoms with E-state index in [1.54, 1.807) is 0 Å². The van der Waals surface area contributed by atoms with Crippen LogP contribution in [0, 0.1) is 12.8 Å². The molecule has 3 nitrogen and oxygen atoms in total. The van der Waals surface area contributed by atoms with E-state index in [9.17, 15) is 0 Å². The minimum Gasteiger partial charge on any atom is -0.330 e. The summed E-state index contributed by atoms with van der Waals surface area (Å²) in [6.07, 6.45) is 1.86. The van der Waals surface area contributed by atoms with E-state index in [1.165, 1.54) is 11.3 Å². The summed E-state index contributed by atoms with van der Waals surface area (Å²) in [5.74, 6) is 0.707. The lowest BCUT2D eigenvalue weighted by molar-refractivity contribution is 0.0962. The van der Waals surface area contributed by atoms with E-state index in [0.29, 0.717) is 5.92 Å². The van der Waals surface area contributed by atoms with Gasteiger partial charge < -0.3 is 5.73 Å². The minimum atomic E-state index is 0.707. The maximum atomic E-state index is 5.58. The zero-order chi connectivity index (χ0) is 9.97. The van der Waals surface area contributed by atoms with Crippen LogP contribution in [0.2, 0.25) is 0 Å². The van der Waals surface area contributed by atoms with Crippen LogP contribution in [0.15, 0.2) is 18.3 Å². The first kappa shape index (κ1) is 9.62. The molecule has 0 spiro atoms.